The van der Waals surface area contributed by atoms with Crippen LogP contribution in [-0.4, -0.2) is 55.9 Å². The number of hydrogen-bond acceptors (Lipinski definition) is 6. The molecule has 0 spiro atoms. The van der Waals surface area contributed by atoms with E-state index in [1.54, 1.807) is 18.5 Å². The Hall–Kier alpha value is -4.37. The summed E-state index contributed by atoms with van der Waals surface area (Å²) in [4.78, 5) is 18.2. The quantitative estimate of drug-likeness (QED) is 0.211. The second-order valence-corrected chi connectivity index (χ2v) is 11.2. The SMILES string of the molecule is CC(=O)Nc1cc(NC2CCN(Cc3ccc4c(cc(C#N)n4Cc4cn[nH]c4)c3C)CC2)c(CCCC(F)(F)F)cn1. The van der Waals surface area contributed by atoms with Crippen molar-refractivity contribution in [3.05, 3.63) is 70.8 Å². The lowest BCUT2D eigenvalue weighted by Crippen LogP contribution is -2.39. The number of hydrogen-bond donors (Lipinski definition) is 3. The predicted molar refractivity (Wildman–Crippen MR) is 159 cm³/mol. The molecule has 4 aromatic rings. The van der Waals surface area contributed by atoms with E-state index < -0.39 is 12.6 Å². The van der Waals surface area contributed by atoms with Gasteiger partial charge >= 0.3 is 6.18 Å². The number of benzene rings is 1. The van der Waals surface area contributed by atoms with Crippen molar-refractivity contribution in [1.82, 2.24) is 24.6 Å². The lowest BCUT2D eigenvalue weighted by atomic mass is 10.00. The first-order chi connectivity index (χ1) is 20.6. The fraction of sp³-hybridized carbons (Fsp3) is 0.419. The maximum absolute atomic E-state index is 12.7. The Morgan fingerprint density at radius 1 is 1.16 bits per heavy atom. The number of amides is 1. The molecule has 4 heterocycles. The predicted octanol–water partition coefficient (Wildman–Crippen LogP) is 5.91. The van der Waals surface area contributed by atoms with Crippen molar-refractivity contribution in [2.24, 2.45) is 0 Å². The van der Waals surface area contributed by atoms with Crippen molar-refractivity contribution in [3.8, 4) is 6.07 Å². The van der Waals surface area contributed by atoms with Crippen molar-refractivity contribution in [1.29, 1.82) is 5.26 Å². The summed E-state index contributed by atoms with van der Waals surface area (Å²) in [6.45, 7) is 6.55. The number of likely N-dealkylation sites (tertiary alicyclic amines) is 1. The highest BCUT2D eigenvalue weighted by atomic mass is 19.4. The van der Waals surface area contributed by atoms with Crippen LogP contribution in [0.15, 0.2) is 42.9 Å². The summed E-state index contributed by atoms with van der Waals surface area (Å²) < 4.78 is 40.2. The number of nitriles is 1. The van der Waals surface area contributed by atoms with Crippen LogP contribution in [0.2, 0.25) is 0 Å². The van der Waals surface area contributed by atoms with Crippen LogP contribution in [0.5, 0.6) is 0 Å². The van der Waals surface area contributed by atoms with Gasteiger partial charge < -0.3 is 15.2 Å². The third kappa shape index (κ3) is 7.53. The monoisotopic (exact) mass is 592 g/mol. The Labute approximate surface area is 248 Å². The number of aryl methyl sites for hydroxylation is 2. The number of pyridine rings is 1. The van der Waals surface area contributed by atoms with Gasteiger partial charge in [-0.3, -0.25) is 14.8 Å². The normalized spacial score (nSPS) is 14.6. The van der Waals surface area contributed by atoms with Gasteiger partial charge in [-0.05, 0) is 61.4 Å². The summed E-state index contributed by atoms with van der Waals surface area (Å²) in [6, 6.07) is 10.4. The zero-order chi connectivity index (χ0) is 30.6. The largest absolute Gasteiger partial charge is 0.389 e. The summed E-state index contributed by atoms with van der Waals surface area (Å²) in [5.41, 5.74) is 6.42. The van der Waals surface area contributed by atoms with Gasteiger partial charge in [0.05, 0.1) is 12.7 Å². The van der Waals surface area contributed by atoms with Gasteiger partial charge in [0.2, 0.25) is 5.91 Å². The molecule has 0 atom stereocenters. The summed E-state index contributed by atoms with van der Waals surface area (Å²) in [7, 11) is 0. The smallest absolute Gasteiger partial charge is 0.382 e. The first-order valence-electron chi connectivity index (χ1n) is 14.4. The molecule has 3 aromatic heterocycles. The molecule has 1 fully saturated rings. The maximum atomic E-state index is 12.7. The number of piperidine rings is 1. The molecule has 12 heteroatoms. The summed E-state index contributed by atoms with van der Waals surface area (Å²) in [5.74, 6) is 0.111. The number of halogens is 3. The minimum absolute atomic E-state index is 0.0238. The van der Waals surface area contributed by atoms with E-state index in [1.165, 1.54) is 12.5 Å². The zero-order valence-electron chi connectivity index (χ0n) is 24.3. The number of nitrogens with zero attached hydrogens (tertiary/aromatic N) is 5. The van der Waals surface area contributed by atoms with Crippen LogP contribution in [0.1, 0.15) is 60.6 Å². The molecule has 0 saturated carbocycles. The average molecular weight is 593 g/mol. The molecule has 1 aromatic carbocycles. The van der Waals surface area contributed by atoms with E-state index in [-0.39, 0.29) is 24.8 Å². The molecule has 1 saturated heterocycles. The summed E-state index contributed by atoms with van der Waals surface area (Å²) >= 11 is 0. The fourth-order valence-corrected chi connectivity index (χ4v) is 5.74. The topological polar surface area (TPSA) is 115 Å². The second-order valence-electron chi connectivity index (χ2n) is 11.2. The second kappa shape index (κ2) is 12.9. The number of rotatable bonds is 10. The molecule has 0 unspecified atom stereocenters. The van der Waals surface area contributed by atoms with Crippen molar-refractivity contribution >= 4 is 28.3 Å². The molecule has 9 nitrogen and oxygen atoms in total. The molecule has 226 valence electrons. The van der Waals surface area contributed by atoms with Gasteiger partial charge in [-0.2, -0.15) is 23.5 Å². The Bertz CT molecular complexity index is 1610. The summed E-state index contributed by atoms with van der Waals surface area (Å²) in [6.07, 6.45) is 2.04. The van der Waals surface area contributed by atoms with Crippen molar-refractivity contribution in [2.45, 2.75) is 71.3 Å². The van der Waals surface area contributed by atoms with E-state index in [4.69, 9.17) is 0 Å². The van der Waals surface area contributed by atoms with Gasteiger partial charge in [0.25, 0.3) is 0 Å². The maximum Gasteiger partial charge on any atom is 0.389 e. The van der Waals surface area contributed by atoms with Crippen LogP contribution < -0.4 is 10.6 Å². The van der Waals surface area contributed by atoms with E-state index in [9.17, 15) is 23.2 Å². The molecule has 0 radical (unpaired) electrons. The van der Waals surface area contributed by atoms with E-state index >= 15 is 0 Å². The van der Waals surface area contributed by atoms with Crippen molar-refractivity contribution < 1.29 is 18.0 Å². The van der Waals surface area contributed by atoms with Crippen LogP contribution in [0.4, 0.5) is 24.7 Å². The van der Waals surface area contributed by atoms with Gasteiger partial charge in [0, 0.05) is 79.6 Å². The van der Waals surface area contributed by atoms with E-state index in [0.29, 0.717) is 29.3 Å². The molecule has 3 N–H and O–H groups in total. The summed E-state index contributed by atoms with van der Waals surface area (Å²) in [5, 5.41) is 23.9. The van der Waals surface area contributed by atoms with E-state index in [2.05, 4.69) is 55.8 Å². The number of carbonyl (C=O) groups excluding carboxylic acids is 1. The van der Waals surface area contributed by atoms with E-state index in [1.807, 2.05) is 16.8 Å². The first kappa shape index (κ1) is 30.1. The number of H-pyrrole nitrogens is 1. The van der Waals surface area contributed by atoms with Crippen LogP contribution in [0.25, 0.3) is 10.9 Å². The fourth-order valence-electron chi connectivity index (χ4n) is 5.74. The number of alkyl halides is 3. The van der Waals surface area contributed by atoms with Gasteiger partial charge in [0.1, 0.15) is 17.6 Å². The van der Waals surface area contributed by atoms with Crippen LogP contribution in [0.3, 0.4) is 0 Å². The molecule has 43 heavy (non-hydrogen) atoms. The first-order valence-corrected chi connectivity index (χ1v) is 14.4. The standard InChI is InChI=1S/C31H35F3N8O/c1-20-24(5-6-29-27(20)12-26(14-35)42(29)18-22-15-37-38-16-22)19-41-10-7-25(8-11-41)40-28-13-30(39-21(2)43)36-17-23(28)4-3-9-31(32,33)34/h5-6,12-13,15-17,25H,3-4,7-11,18-19H2,1-2H3,(H,37,38)(H2,36,39,40,43). The zero-order valence-corrected chi connectivity index (χ0v) is 24.3. The van der Waals surface area contributed by atoms with Crippen LogP contribution in [0, 0.1) is 18.3 Å². The number of aromatic nitrogens is 4. The van der Waals surface area contributed by atoms with Crippen molar-refractivity contribution in [3.63, 3.8) is 0 Å². The number of carbonyl (C=O) groups is 1. The lowest BCUT2D eigenvalue weighted by molar-refractivity contribution is -0.135. The van der Waals surface area contributed by atoms with E-state index in [0.717, 1.165) is 54.5 Å². The van der Waals surface area contributed by atoms with Gasteiger partial charge in [-0.25, -0.2) is 4.98 Å². The lowest BCUT2D eigenvalue weighted by Gasteiger charge is -2.33. The Morgan fingerprint density at radius 3 is 2.63 bits per heavy atom. The van der Waals surface area contributed by atoms with Crippen LogP contribution >= 0.6 is 0 Å². The van der Waals surface area contributed by atoms with Gasteiger partial charge in [-0.15, -0.1) is 0 Å². The molecule has 1 amide bonds. The minimum atomic E-state index is -4.20. The molecule has 1 aliphatic rings. The molecule has 1 aliphatic heterocycles. The average Bonchev–Trinajstić information content (AvgIpc) is 3.60. The molecule has 5 rings (SSSR count). The molecular weight excluding hydrogens is 557 g/mol. The number of nitrogens with one attached hydrogen (secondary N) is 3. The third-order valence-corrected chi connectivity index (χ3v) is 8.01. The van der Waals surface area contributed by atoms with Crippen molar-refractivity contribution in [2.75, 3.05) is 23.7 Å². The van der Waals surface area contributed by atoms with Gasteiger partial charge in [-0.1, -0.05) is 6.07 Å². The highest BCUT2D eigenvalue weighted by Gasteiger charge is 2.27. The van der Waals surface area contributed by atoms with Crippen LogP contribution in [-0.2, 0) is 24.3 Å². The number of anilines is 2. The molecular formula is C31H35F3N8O. The minimum Gasteiger partial charge on any atom is -0.382 e. The highest BCUT2D eigenvalue weighted by molar-refractivity contribution is 5.88. The molecule has 0 bridgehead atoms. The third-order valence-electron chi connectivity index (χ3n) is 8.01. The number of aromatic amines is 1. The Balaban J connectivity index is 1.24. The molecule has 0 aliphatic carbocycles. The highest BCUT2D eigenvalue weighted by Crippen LogP contribution is 2.30. The Morgan fingerprint density at radius 2 is 1.95 bits per heavy atom. The number of fused-ring (bicyclic) bond motifs is 1. The van der Waals surface area contributed by atoms with Gasteiger partial charge in [0.15, 0.2) is 0 Å². The Kier molecular flexibility index (Phi) is 9.01.